The van der Waals surface area contributed by atoms with E-state index < -0.39 is 5.97 Å². The molecule has 0 radical (unpaired) electrons. The number of carbonyl (C=O) groups excluding carboxylic acids is 1. The Morgan fingerprint density at radius 1 is 1.35 bits per heavy atom. The highest BCUT2D eigenvalue weighted by Gasteiger charge is 2.20. The highest BCUT2D eigenvalue weighted by Crippen LogP contribution is 2.26. The average molecular weight is 242 g/mol. The van der Waals surface area contributed by atoms with Gasteiger partial charge in [-0.15, -0.1) is 0 Å². The predicted molar refractivity (Wildman–Crippen MR) is 64.9 cm³/mol. The van der Waals surface area contributed by atoms with Crippen LogP contribution in [-0.2, 0) is 4.79 Å². The third kappa shape index (κ3) is 5.56. The maximum Gasteiger partial charge on any atom is 0.317 e. The van der Waals surface area contributed by atoms with E-state index in [-0.39, 0.29) is 12.5 Å². The van der Waals surface area contributed by atoms with Crippen molar-refractivity contribution in [1.29, 1.82) is 0 Å². The fourth-order valence-corrected chi connectivity index (χ4v) is 1.88. The first-order valence-corrected chi connectivity index (χ1v) is 6.30. The van der Waals surface area contributed by atoms with Gasteiger partial charge in [0.25, 0.3) is 0 Å². The van der Waals surface area contributed by atoms with Gasteiger partial charge in [-0.1, -0.05) is 6.42 Å². The molecule has 0 heterocycles. The zero-order valence-corrected chi connectivity index (χ0v) is 10.4. The van der Waals surface area contributed by atoms with Gasteiger partial charge in [-0.3, -0.25) is 4.79 Å². The van der Waals surface area contributed by atoms with Gasteiger partial charge < -0.3 is 15.3 Å². The fourth-order valence-electron chi connectivity index (χ4n) is 1.88. The molecule has 1 rings (SSSR count). The third-order valence-electron chi connectivity index (χ3n) is 3.20. The molecule has 0 aromatic rings. The standard InChI is InChI=1S/C12H22N2O3/c1-14(9-10-5-4-6-10)12(17)13-8-3-2-7-11(15)16/h10H,2-9H2,1H3,(H,13,17)(H,15,16). The summed E-state index contributed by atoms with van der Waals surface area (Å²) in [6, 6.07) is -0.0489. The maximum absolute atomic E-state index is 11.6. The van der Waals surface area contributed by atoms with Crippen molar-refractivity contribution in [3.05, 3.63) is 0 Å². The lowest BCUT2D eigenvalue weighted by Gasteiger charge is -2.30. The molecule has 2 N–H and O–H groups in total. The van der Waals surface area contributed by atoms with Crippen LogP contribution < -0.4 is 5.32 Å². The van der Waals surface area contributed by atoms with Crippen molar-refractivity contribution in [2.45, 2.75) is 38.5 Å². The van der Waals surface area contributed by atoms with Crippen LogP contribution in [0.2, 0.25) is 0 Å². The number of carboxylic acid groups (broad SMARTS) is 1. The summed E-state index contributed by atoms with van der Waals surface area (Å²) in [4.78, 5) is 23.6. The number of hydrogen-bond donors (Lipinski definition) is 2. The molecule has 0 spiro atoms. The Hall–Kier alpha value is -1.26. The number of rotatable bonds is 7. The van der Waals surface area contributed by atoms with E-state index in [1.807, 2.05) is 7.05 Å². The SMILES string of the molecule is CN(CC1CCC1)C(=O)NCCCCC(=O)O. The Kier molecular flexibility index (Phi) is 5.80. The van der Waals surface area contributed by atoms with Crippen LogP contribution in [0.5, 0.6) is 0 Å². The molecule has 0 aromatic heterocycles. The highest BCUT2D eigenvalue weighted by molar-refractivity contribution is 5.73. The van der Waals surface area contributed by atoms with E-state index in [9.17, 15) is 9.59 Å². The monoisotopic (exact) mass is 242 g/mol. The predicted octanol–water partition coefficient (Wildman–Crippen LogP) is 1.68. The second-order valence-electron chi connectivity index (χ2n) is 4.76. The molecule has 0 aromatic carbocycles. The van der Waals surface area contributed by atoms with Gasteiger partial charge in [-0.2, -0.15) is 0 Å². The Morgan fingerprint density at radius 2 is 2.06 bits per heavy atom. The van der Waals surface area contributed by atoms with Crippen LogP contribution in [0.1, 0.15) is 38.5 Å². The number of unbranched alkanes of at least 4 members (excludes halogenated alkanes) is 1. The van der Waals surface area contributed by atoms with Crippen molar-refractivity contribution < 1.29 is 14.7 Å². The van der Waals surface area contributed by atoms with E-state index in [2.05, 4.69) is 5.32 Å². The second-order valence-corrected chi connectivity index (χ2v) is 4.76. The quantitative estimate of drug-likeness (QED) is 0.667. The van der Waals surface area contributed by atoms with Gasteiger partial charge in [-0.25, -0.2) is 4.79 Å². The molecule has 5 heteroatoms. The van der Waals surface area contributed by atoms with Crippen LogP contribution in [0.25, 0.3) is 0 Å². The van der Waals surface area contributed by atoms with Gasteiger partial charge in [0.05, 0.1) is 0 Å². The first-order chi connectivity index (χ1) is 8.09. The summed E-state index contributed by atoms with van der Waals surface area (Å²) in [5, 5.41) is 11.3. The van der Waals surface area contributed by atoms with Crippen molar-refractivity contribution in [2.24, 2.45) is 5.92 Å². The first-order valence-electron chi connectivity index (χ1n) is 6.30. The van der Waals surface area contributed by atoms with Crippen LogP contribution in [-0.4, -0.2) is 42.1 Å². The Bertz CT molecular complexity index is 264. The van der Waals surface area contributed by atoms with Crippen molar-refractivity contribution >= 4 is 12.0 Å². The van der Waals surface area contributed by atoms with Crippen LogP contribution in [0.3, 0.4) is 0 Å². The Morgan fingerprint density at radius 3 is 2.59 bits per heavy atom. The van der Waals surface area contributed by atoms with Crippen molar-refractivity contribution in [3.63, 3.8) is 0 Å². The molecule has 1 saturated carbocycles. The lowest BCUT2D eigenvalue weighted by molar-refractivity contribution is -0.137. The van der Waals surface area contributed by atoms with E-state index >= 15 is 0 Å². The minimum atomic E-state index is -0.779. The molecule has 0 aliphatic heterocycles. The lowest BCUT2D eigenvalue weighted by atomic mass is 9.85. The Balaban J connectivity index is 2.01. The summed E-state index contributed by atoms with van der Waals surface area (Å²) in [5.41, 5.74) is 0. The second kappa shape index (κ2) is 7.14. The van der Waals surface area contributed by atoms with Gasteiger partial charge in [0.15, 0.2) is 0 Å². The zero-order valence-electron chi connectivity index (χ0n) is 10.4. The number of urea groups is 1. The summed E-state index contributed by atoms with van der Waals surface area (Å²) in [5.74, 6) is -0.101. The molecular formula is C12H22N2O3. The average Bonchev–Trinajstić information content (AvgIpc) is 2.21. The van der Waals surface area contributed by atoms with Crippen LogP contribution in [0.4, 0.5) is 4.79 Å². The number of nitrogens with one attached hydrogen (secondary N) is 1. The summed E-state index contributed by atoms with van der Waals surface area (Å²) in [6.45, 7) is 1.39. The van der Waals surface area contributed by atoms with E-state index in [4.69, 9.17) is 5.11 Å². The number of carboxylic acids is 1. The highest BCUT2D eigenvalue weighted by atomic mass is 16.4. The van der Waals surface area contributed by atoms with Crippen molar-refractivity contribution in [2.75, 3.05) is 20.1 Å². The summed E-state index contributed by atoms with van der Waals surface area (Å²) in [6.07, 6.45) is 5.26. The van der Waals surface area contributed by atoms with E-state index in [0.29, 0.717) is 18.9 Å². The number of carbonyl (C=O) groups is 2. The molecule has 0 atom stereocenters. The van der Waals surface area contributed by atoms with Crippen molar-refractivity contribution in [1.82, 2.24) is 10.2 Å². The molecule has 2 amide bonds. The van der Waals surface area contributed by atoms with Crippen molar-refractivity contribution in [3.8, 4) is 0 Å². The largest absolute Gasteiger partial charge is 0.481 e. The smallest absolute Gasteiger partial charge is 0.317 e. The fraction of sp³-hybridized carbons (Fsp3) is 0.833. The Labute approximate surface area is 102 Å². The zero-order chi connectivity index (χ0) is 12.7. The van der Waals surface area contributed by atoms with Gasteiger partial charge in [-0.05, 0) is 31.6 Å². The molecule has 98 valence electrons. The van der Waals surface area contributed by atoms with E-state index in [1.54, 1.807) is 4.90 Å². The number of amides is 2. The van der Waals surface area contributed by atoms with Gasteiger partial charge >= 0.3 is 12.0 Å². The first kappa shape index (κ1) is 13.8. The molecule has 0 unspecified atom stereocenters. The van der Waals surface area contributed by atoms with E-state index in [1.165, 1.54) is 19.3 Å². The molecule has 0 bridgehead atoms. The topological polar surface area (TPSA) is 69.6 Å². The van der Waals surface area contributed by atoms with Gasteiger partial charge in [0.2, 0.25) is 0 Å². The number of aliphatic carboxylic acids is 1. The lowest BCUT2D eigenvalue weighted by Crippen LogP contribution is -2.41. The minimum Gasteiger partial charge on any atom is -0.481 e. The molecule has 1 aliphatic carbocycles. The molecule has 5 nitrogen and oxygen atoms in total. The maximum atomic E-state index is 11.6. The minimum absolute atomic E-state index is 0.0489. The third-order valence-corrected chi connectivity index (χ3v) is 3.20. The summed E-state index contributed by atoms with van der Waals surface area (Å²) >= 11 is 0. The molecule has 1 fully saturated rings. The summed E-state index contributed by atoms with van der Waals surface area (Å²) < 4.78 is 0. The van der Waals surface area contributed by atoms with Gasteiger partial charge in [0, 0.05) is 26.6 Å². The normalized spacial score (nSPS) is 15.1. The molecular weight excluding hydrogens is 220 g/mol. The van der Waals surface area contributed by atoms with Crippen LogP contribution in [0.15, 0.2) is 0 Å². The number of nitrogens with zero attached hydrogens (tertiary/aromatic N) is 1. The summed E-state index contributed by atoms with van der Waals surface area (Å²) in [7, 11) is 1.81. The number of hydrogen-bond acceptors (Lipinski definition) is 2. The molecule has 17 heavy (non-hydrogen) atoms. The van der Waals surface area contributed by atoms with Crippen LogP contribution in [0, 0.1) is 5.92 Å². The molecule has 0 saturated heterocycles. The molecule has 1 aliphatic rings. The van der Waals surface area contributed by atoms with Crippen LogP contribution >= 0.6 is 0 Å². The van der Waals surface area contributed by atoms with E-state index in [0.717, 1.165) is 13.0 Å². The van der Waals surface area contributed by atoms with Gasteiger partial charge in [0.1, 0.15) is 0 Å².